The van der Waals surface area contributed by atoms with Crippen molar-refractivity contribution in [1.82, 2.24) is 5.32 Å². The third-order valence-corrected chi connectivity index (χ3v) is 5.31. The molecular weight excluding hydrogens is 354 g/mol. The molecule has 0 saturated heterocycles. The van der Waals surface area contributed by atoms with Crippen LogP contribution in [0.25, 0.3) is 33.4 Å². The molecule has 0 spiro atoms. The second-order valence-electron chi connectivity index (χ2n) is 7.07. The maximum atomic E-state index is 8.62. The summed E-state index contributed by atoms with van der Waals surface area (Å²) in [6, 6.07) is 32.7. The predicted molar refractivity (Wildman–Crippen MR) is 120 cm³/mol. The second-order valence-corrected chi connectivity index (χ2v) is 7.07. The minimum absolute atomic E-state index is 0.277. The number of nitrogens with one attached hydrogen (secondary N) is 3. The number of fused-ring (bicyclic) bond motifs is 1. The number of amidine groups is 2. The third-order valence-electron chi connectivity index (χ3n) is 5.31. The molecule has 0 amide bonds. The molecule has 0 aromatic heterocycles. The Morgan fingerprint density at radius 1 is 0.448 bits per heavy atom. The van der Waals surface area contributed by atoms with Gasteiger partial charge in [0.2, 0.25) is 0 Å². The van der Waals surface area contributed by atoms with Crippen molar-refractivity contribution < 1.29 is 0 Å². The monoisotopic (exact) mass is 373 g/mol. The number of benzene rings is 4. The lowest BCUT2D eigenvalue weighted by atomic mass is 9.84. The fourth-order valence-electron chi connectivity index (χ4n) is 4.04. The molecule has 3 heteroatoms. The van der Waals surface area contributed by atoms with Gasteiger partial charge >= 0.3 is 0 Å². The van der Waals surface area contributed by atoms with Gasteiger partial charge < -0.3 is 5.32 Å². The van der Waals surface area contributed by atoms with Gasteiger partial charge in [-0.05, 0) is 33.9 Å². The molecule has 0 radical (unpaired) electrons. The Labute approximate surface area is 169 Å². The van der Waals surface area contributed by atoms with Crippen molar-refractivity contribution in [3.05, 3.63) is 108 Å². The molecule has 1 heterocycles. The molecule has 0 aliphatic carbocycles. The van der Waals surface area contributed by atoms with Gasteiger partial charge in [0.25, 0.3) is 0 Å². The third kappa shape index (κ3) is 2.84. The number of hydrogen-bond acceptors (Lipinski definition) is 2. The van der Waals surface area contributed by atoms with E-state index < -0.39 is 0 Å². The van der Waals surface area contributed by atoms with Crippen LogP contribution in [0.2, 0.25) is 0 Å². The Morgan fingerprint density at radius 3 is 1.38 bits per heavy atom. The molecule has 138 valence electrons. The van der Waals surface area contributed by atoms with E-state index >= 15 is 0 Å². The van der Waals surface area contributed by atoms with Crippen molar-refractivity contribution in [2.45, 2.75) is 0 Å². The Kier molecular flexibility index (Phi) is 4.07. The van der Waals surface area contributed by atoms with Crippen molar-refractivity contribution in [2.75, 3.05) is 0 Å². The Hall–Kier alpha value is -3.98. The predicted octanol–water partition coefficient (Wildman–Crippen LogP) is 5.94. The van der Waals surface area contributed by atoms with Gasteiger partial charge in [-0.15, -0.1) is 0 Å². The summed E-state index contributed by atoms with van der Waals surface area (Å²) in [7, 11) is 0. The van der Waals surface area contributed by atoms with Crippen molar-refractivity contribution >= 4 is 11.7 Å². The van der Waals surface area contributed by atoms with Gasteiger partial charge in [-0.1, -0.05) is 91.0 Å². The lowest BCUT2D eigenvalue weighted by molar-refractivity contribution is 1.29. The molecule has 0 bridgehead atoms. The van der Waals surface area contributed by atoms with Crippen LogP contribution < -0.4 is 5.32 Å². The fraction of sp³-hybridized carbons (Fsp3) is 0. The standard InChI is InChI=1S/C26H19N3/c27-25-23-21(18-12-6-2-7-13-18)16-20(17-10-4-1-5-11-17)22(24(23)26(28)29-25)19-14-8-3-9-15-19/h1-16H,(H3,27,28,29). The molecule has 4 aromatic carbocycles. The summed E-state index contributed by atoms with van der Waals surface area (Å²) < 4.78 is 0. The van der Waals surface area contributed by atoms with Crippen LogP contribution in [0.15, 0.2) is 97.1 Å². The van der Waals surface area contributed by atoms with Crippen LogP contribution >= 0.6 is 0 Å². The molecule has 0 atom stereocenters. The molecule has 1 aliphatic heterocycles. The highest BCUT2D eigenvalue weighted by molar-refractivity contribution is 6.29. The summed E-state index contributed by atoms with van der Waals surface area (Å²) in [5.74, 6) is 0.555. The highest BCUT2D eigenvalue weighted by Crippen LogP contribution is 2.43. The van der Waals surface area contributed by atoms with Crippen molar-refractivity contribution in [3.8, 4) is 33.4 Å². The first kappa shape index (κ1) is 17.1. The zero-order valence-electron chi connectivity index (χ0n) is 15.7. The summed E-state index contributed by atoms with van der Waals surface area (Å²) in [6.45, 7) is 0. The summed E-state index contributed by atoms with van der Waals surface area (Å²) >= 11 is 0. The highest BCUT2D eigenvalue weighted by Gasteiger charge is 2.30. The fourth-order valence-corrected chi connectivity index (χ4v) is 4.04. The molecule has 3 N–H and O–H groups in total. The molecule has 1 aliphatic rings. The normalized spacial score (nSPS) is 12.6. The smallest absolute Gasteiger partial charge is 0.132 e. The van der Waals surface area contributed by atoms with E-state index in [-0.39, 0.29) is 11.7 Å². The van der Waals surface area contributed by atoms with Gasteiger partial charge in [0.15, 0.2) is 0 Å². The van der Waals surface area contributed by atoms with Gasteiger partial charge in [-0.2, -0.15) is 0 Å². The minimum atomic E-state index is 0.277. The summed E-state index contributed by atoms with van der Waals surface area (Å²) in [5.41, 5.74) is 7.80. The van der Waals surface area contributed by atoms with Gasteiger partial charge in [-0.25, -0.2) is 0 Å². The zero-order chi connectivity index (χ0) is 19.8. The molecule has 0 saturated carbocycles. The maximum Gasteiger partial charge on any atom is 0.132 e. The van der Waals surface area contributed by atoms with Gasteiger partial charge in [0, 0.05) is 16.7 Å². The Morgan fingerprint density at radius 2 is 0.862 bits per heavy atom. The van der Waals surface area contributed by atoms with E-state index in [0.717, 1.165) is 44.5 Å². The quantitative estimate of drug-likeness (QED) is 0.409. The second kappa shape index (κ2) is 6.88. The van der Waals surface area contributed by atoms with Crippen LogP contribution in [0, 0.1) is 10.8 Å². The zero-order valence-corrected chi connectivity index (χ0v) is 15.7. The first-order chi connectivity index (χ1) is 14.2. The van der Waals surface area contributed by atoms with Crippen molar-refractivity contribution in [2.24, 2.45) is 0 Å². The average Bonchev–Trinajstić information content (AvgIpc) is 3.08. The average molecular weight is 373 g/mol. The molecule has 29 heavy (non-hydrogen) atoms. The molecule has 0 fully saturated rings. The Bertz CT molecular complexity index is 1230. The van der Waals surface area contributed by atoms with E-state index in [1.165, 1.54) is 0 Å². The van der Waals surface area contributed by atoms with Gasteiger partial charge in [0.1, 0.15) is 11.7 Å². The molecular formula is C26H19N3. The van der Waals surface area contributed by atoms with Crippen LogP contribution in [-0.4, -0.2) is 11.7 Å². The van der Waals surface area contributed by atoms with Crippen LogP contribution in [-0.2, 0) is 0 Å². The van der Waals surface area contributed by atoms with Crippen LogP contribution in [0.4, 0.5) is 0 Å². The number of rotatable bonds is 3. The molecule has 5 rings (SSSR count). The SMILES string of the molecule is N=C1NC(=N)c2c1c(-c1ccccc1)cc(-c1ccccc1)c2-c1ccccc1. The van der Waals surface area contributed by atoms with E-state index in [1.807, 2.05) is 54.6 Å². The van der Waals surface area contributed by atoms with E-state index in [0.29, 0.717) is 0 Å². The molecule has 4 aromatic rings. The van der Waals surface area contributed by atoms with Crippen molar-refractivity contribution in [1.29, 1.82) is 10.8 Å². The lowest BCUT2D eigenvalue weighted by Crippen LogP contribution is -2.20. The number of hydrogen-bond donors (Lipinski definition) is 3. The lowest BCUT2D eigenvalue weighted by Gasteiger charge is -2.18. The van der Waals surface area contributed by atoms with Gasteiger partial charge in [0.05, 0.1) is 0 Å². The van der Waals surface area contributed by atoms with E-state index in [1.54, 1.807) is 0 Å². The maximum absolute atomic E-state index is 8.62. The summed E-state index contributed by atoms with van der Waals surface area (Å²) in [4.78, 5) is 0. The van der Waals surface area contributed by atoms with E-state index in [2.05, 4.69) is 47.8 Å². The Balaban J connectivity index is 1.93. The first-order valence-corrected chi connectivity index (χ1v) is 9.56. The van der Waals surface area contributed by atoms with Gasteiger partial charge in [-0.3, -0.25) is 10.8 Å². The van der Waals surface area contributed by atoms with Crippen molar-refractivity contribution in [3.63, 3.8) is 0 Å². The summed E-state index contributed by atoms with van der Waals surface area (Å²) in [6.07, 6.45) is 0. The van der Waals surface area contributed by atoms with Crippen LogP contribution in [0.5, 0.6) is 0 Å². The summed E-state index contributed by atoms with van der Waals surface area (Å²) in [5, 5.41) is 20.1. The molecule has 3 nitrogen and oxygen atoms in total. The van der Waals surface area contributed by atoms with E-state index in [9.17, 15) is 0 Å². The van der Waals surface area contributed by atoms with Crippen LogP contribution in [0.1, 0.15) is 11.1 Å². The van der Waals surface area contributed by atoms with Crippen LogP contribution in [0.3, 0.4) is 0 Å². The first-order valence-electron chi connectivity index (χ1n) is 9.56. The van der Waals surface area contributed by atoms with E-state index in [4.69, 9.17) is 10.8 Å². The highest BCUT2D eigenvalue weighted by atomic mass is 15.0. The minimum Gasteiger partial charge on any atom is -0.325 e. The largest absolute Gasteiger partial charge is 0.325 e. The topological polar surface area (TPSA) is 59.7 Å². The molecule has 0 unspecified atom stereocenters.